The van der Waals surface area contributed by atoms with E-state index in [1.807, 2.05) is 5.32 Å². The number of hydrogen-bond donors (Lipinski definition) is 1. The number of nitro groups is 1. The molecular weight excluding hydrogens is 724 g/mol. The van der Waals surface area contributed by atoms with Crippen LogP contribution in [0.15, 0.2) is 40.5 Å². The Labute approximate surface area is 285 Å². The van der Waals surface area contributed by atoms with Crippen molar-refractivity contribution in [2.24, 2.45) is 0 Å². The second-order valence-electron chi connectivity index (χ2n) is 13.0. The van der Waals surface area contributed by atoms with Gasteiger partial charge in [-0.3, -0.25) is 19.8 Å². The number of pyridine rings is 1. The van der Waals surface area contributed by atoms with Crippen LogP contribution in [0, 0.1) is 15.9 Å². The fourth-order valence-corrected chi connectivity index (χ4v) is 6.56. The first kappa shape index (κ1) is 39.0. The van der Waals surface area contributed by atoms with E-state index in [0.29, 0.717) is 26.1 Å². The lowest BCUT2D eigenvalue weighted by atomic mass is 10.0. The third-order valence-electron chi connectivity index (χ3n) is 8.54. The van der Waals surface area contributed by atoms with Crippen LogP contribution in [0.4, 0.5) is 46.6 Å². The SMILES string of the molecule is CC(C)(C)[Si](C)(C)OCCN1CCC(n2nnnc2Sc2ccc([N+](=O)[O-])cc2C(=O)Nc2ncc(C(F)(F)C(F)(F)C(F)(F)F)cc2F)C1. The summed E-state index contributed by atoms with van der Waals surface area (Å²) in [5, 5.41) is 25.4. The maximum Gasteiger partial charge on any atom is 0.460 e. The molecule has 2 aromatic heterocycles. The molecule has 0 spiro atoms. The molecule has 4 rings (SSSR count). The van der Waals surface area contributed by atoms with Crippen LogP contribution >= 0.6 is 11.8 Å². The first-order valence-electron chi connectivity index (χ1n) is 14.9. The Hall–Kier alpha value is -3.76. The first-order chi connectivity index (χ1) is 23.0. The van der Waals surface area contributed by atoms with Crippen molar-refractivity contribution < 1.29 is 49.3 Å². The van der Waals surface area contributed by atoms with Gasteiger partial charge in [0, 0.05) is 55.0 Å². The number of likely N-dealkylation sites (tertiary alicyclic amines) is 1. The fraction of sp³-hybridized carbons (Fsp3) is 0.536. The van der Waals surface area contributed by atoms with Crippen LogP contribution in [0.25, 0.3) is 0 Å². The van der Waals surface area contributed by atoms with Crippen molar-refractivity contribution >= 4 is 37.5 Å². The van der Waals surface area contributed by atoms with Crippen LogP contribution in [0.3, 0.4) is 0 Å². The molecule has 0 aliphatic carbocycles. The van der Waals surface area contributed by atoms with Crippen LogP contribution in [-0.4, -0.2) is 87.6 Å². The molecule has 1 N–H and O–H groups in total. The number of hydrogen-bond acceptors (Lipinski definition) is 10. The van der Waals surface area contributed by atoms with Crippen molar-refractivity contribution in [3.8, 4) is 0 Å². The Morgan fingerprint density at radius 3 is 2.42 bits per heavy atom. The number of aromatic nitrogens is 5. The summed E-state index contributed by atoms with van der Waals surface area (Å²) in [6, 6.07) is 2.58. The summed E-state index contributed by atoms with van der Waals surface area (Å²) in [7, 11) is -1.94. The van der Waals surface area contributed by atoms with Crippen molar-refractivity contribution in [3.63, 3.8) is 0 Å². The van der Waals surface area contributed by atoms with Gasteiger partial charge in [0.25, 0.3) is 11.6 Å². The maximum atomic E-state index is 14.7. The Morgan fingerprint density at radius 2 is 1.82 bits per heavy atom. The van der Waals surface area contributed by atoms with Gasteiger partial charge in [-0.1, -0.05) is 20.8 Å². The highest BCUT2D eigenvalue weighted by atomic mass is 32.2. The van der Waals surface area contributed by atoms with Gasteiger partial charge >= 0.3 is 18.0 Å². The molecule has 1 aromatic carbocycles. The van der Waals surface area contributed by atoms with Crippen LogP contribution in [0.1, 0.15) is 49.2 Å². The molecule has 1 fully saturated rings. The molecule has 1 atom stereocenters. The highest BCUT2D eigenvalue weighted by molar-refractivity contribution is 7.99. The van der Waals surface area contributed by atoms with Crippen LogP contribution in [0.5, 0.6) is 0 Å². The van der Waals surface area contributed by atoms with Crippen molar-refractivity contribution in [1.29, 1.82) is 0 Å². The molecule has 1 aliphatic rings. The third kappa shape index (κ3) is 8.07. The van der Waals surface area contributed by atoms with Gasteiger partial charge in [-0.2, -0.15) is 30.7 Å². The minimum Gasteiger partial charge on any atom is -0.416 e. The number of benzene rings is 1. The first-order valence-corrected chi connectivity index (χ1v) is 18.6. The normalized spacial score (nSPS) is 16.5. The van der Waals surface area contributed by atoms with Crippen molar-refractivity contribution in [2.75, 3.05) is 31.6 Å². The van der Waals surface area contributed by atoms with Crippen LogP contribution < -0.4 is 5.32 Å². The summed E-state index contributed by atoms with van der Waals surface area (Å²) in [6.45, 7) is 13.3. The van der Waals surface area contributed by atoms with E-state index < -0.39 is 65.6 Å². The third-order valence-corrected chi connectivity index (χ3v) is 14.1. The zero-order chi connectivity index (χ0) is 37.4. The molecule has 22 heteroatoms. The number of non-ortho nitro benzene ring substituents is 1. The van der Waals surface area contributed by atoms with Crippen LogP contribution in [-0.2, 0) is 10.3 Å². The number of anilines is 1. The lowest BCUT2D eigenvalue weighted by Crippen LogP contribution is -2.50. The molecule has 12 nitrogen and oxygen atoms in total. The Bertz CT molecular complexity index is 1740. The molecule has 0 radical (unpaired) electrons. The van der Waals surface area contributed by atoms with Gasteiger partial charge in [0.1, 0.15) is 0 Å². The van der Waals surface area contributed by atoms with E-state index >= 15 is 0 Å². The van der Waals surface area contributed by atoms with E-state index in [2.05, 4.69) is 59.3 Å². The van der Waals surface area contributed by atoms with Crippen LogP contribution in [0.2, 0.25) is 18.1 Å². The highest BCUT2D eigenvalue weighted by Gasteiger charge is 2.73. The van der Waals surface area contributed by atoms with Gasteiger partial charge in [-0.05, 0) is 58.9 Å². The molecule has 0 saturated carbocycles. The van der Waals surface area contributed by atoms with E-state index in [0.717, 1.165) is 30.4 Å². The minimum atomic E-state index is -6.67. The van der Waals surface area contributed by atoms with Gasteiger partial charge in [-0.25, -0.2) is 14.1 Å². The molecule has 3 heterocycles. The topological polar surface area (TPSA) is 141 Å². The van der Waals surface area contributed by atoms with Crippen molar-refractivity contribution in [1.82, 2.24) is 30.1 Å². The van der Waals surface area contributed by atoms with E-state index in [1.165, 1.54) is 10.7 Å². The number of rotatable bonds is 12. The number of nitro benzene ring substituents is 1. The van der Waals surface area contributed by atoms with Gasteiger partial charge < -0.3 is 9.74 Å². The van der Waals surface area contributed by atoms with E-state index in [1.54, 1.807) is 0 Å². The summed E-state index contributed by atoms with van der Waals surface area (Å²) >= 11 is 0.836. The Kier molecular flexibility index (Phi) is 11.0. The average Bonchev–Trinajstić information content (AvgIpc) is 3.66. The van der Waals surface area contributed by atoms with E-state index in [-0.39, 0.29) is 33.4 Å². The highest BCUT2D eigenvalue weighted by Crippen LogP contribution is 2.52. The second kappa shape index (κ2) is 14.1. The van der Waals surface area contributed by atoms with Crippen molar-refractivity contribution in [3.05, 3.63) is 57.5 Å². The average molecular weight is 757 g/mol. The Morgan fingerprint density at radius 1 is 1.14 bits per heavy atom. The molecular formula is C28H32F8N8O4SSi. The smallest absolute Gasteiger partial charge is 0.416 e. The number of carbonyl (C=O) groups is 1. The summed E-state index contributed by atoms with van der Waals surface area (Å²) in [5.74, 6) is -16.7. The predicted molar refractivity (Wildman–Crippen MR) is 165 cm³/mol. The molecule has 1 saturated heterocycles. The number of alkyl halides is 7. The lowest BCUT2D eigenvalue weighted by Gasteiger charge is -2.36. The molecule has 3 aromatic rings. The monoisotopic (exact) mass is 756 g/mol. The van der Waals surface area contributed by atoms with Gasteiger partial charge in [-0.15, -0.1) is 5.10 Å². The van der Waals surface area contributed by atoms with Gasteiger partial charge in [0.15, 0.2) is 20.0 Å². The standard InChI is InChI=1S/C28H32F8N8O4SSi/c1-25(2,3)50(4,5)48-11-10-42-9-8-18(15-42)43-24(39-40-41-43)49-21-7-6-17(44(46)47)13-19(21)23(45)38-22-20(29)12-16(14-37-22)26(30,31)27(32,33)28(34,35)36/h6-7,12-14,18H,8-11,15H2,1-5H3,(H,37,38,45). The van der Waals surface area contributed by atoms with E-state index in [4.69, 9.17) is 4.43 Å². The van der Waals surface area contributed by atoms with Gasteiger partial charge in [0.2, 0.25) is 5.16 Å². The predicted octanol–water partition coefficient (Wildman–Crippen LogP) is 7.08. The number of tetrazole rings is 1. The summed E-state index contributed by atoms with van der Waals surface area (Å²) in [4.78, 5) is 29.2. The van der Waals surface area contributed by atoms with Gasteiger partial charge in [0.05, 0.1) is 16.5 Å². The number of nitrogens with zero attached hydrogens (tertiary/aromatic N) is 7. The van der Waals surface area contributed by atoms with Crippen molar-refractivity contribution in [2.45, 2.75) is 79.4 Å². The molecule has 1 unspecified atom stereocenters. The van der Waals surface area contributed by atoms with E-state index in [9.17, 15) is 50.0 Å². The number of nitrogens with one attached hydrogen (secondary N) is 1. The molecule has 274 valence electrons. The summed E-state index contributed by atoms with van der Waals surface area (Å²) in [6.07, 6.45) is -6.16. The largest absolute Gasteiger partial charge is 0.460 e. The Balaban J connectivity index is 1.52. The molecule has 1 amide bonds. The molecule has 1 aliphatic heterocycles. The minimum absolute atomic E-state index is 0.0372. The summed E-state index contributed by atoms with van der Waals surface area (Å²) < 4.78 is 115. The number of amides is 1. The molecule has 50 heavy (non-hydrogen) atoms. The summed E-state index contributed by atoms with van der Waals surface area (Å²) in [5.41, 5.74) is -3.11. The second-order valence-corrected chi connectivity index (χ2v) is 18.8. The zero-order valence-corrected chi connectivity index (χ0v) is 29.0. The quantitative estimate of drug-likeness (QED) is 0.0883. The number of halogens is 8. The molecule has 0 bridgehead atoms. The number of carbonyl (C=O) groups excluding carboxylic acids is 1. The maximum absolute atomic E-state index is 14.7. The fourth-order valence-electron chi connectivity index (χ4n) is 4.58. The zero-order valence-electron chi connectivity index (χ0n) is 27.2. The lowest BCUT2D eigenvalue weighted by molar-refractivity contribution is -0.384.